The summed E-state index contributed by atoms with van der Waals surface area (Å²) in [5.74, 6) is -1.86. The van der Waals surface area contributed by atoms with E-state index in [0.29, 0.717) is 30.4 Å². The van der Waals surface area contributed by atoms with Gasteiger partial charge in [-0.25, -0.2) is 13.8 Å². The van der Waals surface area contributed by atoms with Crippen molar-refractivity contribution in [1.82, 2.24) is 4.98 Å². The van der Waals surface area contributed by atoms with Crippen LogP contribution in [0.1, 0.15) is 45.7 Å². The lowest BCUT2D eigenvalue weighted by Crippen LogP contribution is -2.28. The molecule has 2 heterocycles. The van der Waals surface area contributed by atoms with E-state index in [-0.39, 0.29) is 18.3 Å². The summed E-state index contributed by atoms with van der Waals surface area (Å²) >= 11 is 9.73. The predicted molar refractivity (Wildman–Crippen MR) is 86.7 cm³/mol. The molecule has 0 amide bonds. The van der Waals surface area contributed by atoms with Gasteiger partial charge in [-0.3, -0.25) is 0 Å². The SMILES string of the molecule is CC(C)(C)c1nc(N2CCCC(F)(F)CC2)c(Br)cc1Cl. The summed E-state index contributed by atoms with van der Waals surface area (Å²) in [5, 5.41) is 0.596. The van der Waals surface area contributed by atoms with Crippen molar-refractivity contribution >= 4 is 33.3 Å². The van der Waals surface area contributed by atoms with Gasteiger partial charge in [0, 0.05) is 31.3 Å². The first-order chi connectivity index (χ1) is 9.60. The third-order valence-electron chi connectivity index (χ3n) is 3.64. The van der Waals surface area contributed by atoms with Crippen molar-refractivity contribution < 1.29 is 8.78 Å². The minimum atomic E-state index is -2.57. The third kappa shape index (κ3) is 4.07. The second kappa shape index (κ2) is 5.99. The Labute approximate surface area is 138 Å². The van der Waals surface area contributed by atoms with Gasteiger partial charge in [0.2, 0.25) is 5.92 Å². The lowest BCUT2D eigenvalue weighted by Gasteiger charge is -2.27. The summed E-state index contributed by atoms with van der Waals surface area (Å²) < 4.78 is 27.8. The van der Waals surface area contributed by atoms with E-state index in [9.17, 15) is 8.78 Å². The minimum Gasteiger partial charge on any atom is -0.355 e. The van der Waals surface area contributed by atoms with Crippen LogP contribution in [0.4, 0.5) is 14.6 Å². The number of hydrogen-bond acceptors (Lipinski definition) is 2. The zero-order valence-electron chi connectivity index (χ0n) is 12.5. The molecule has 2 rings (SSSR count). The molecule has 6 heteroatoms. The zero-order valence-corrected chi connectivity index (χ0v) is 14.9. The number of alkyl halides is 2. The fourth-order valence-electron chi connectivity index (χ4n) is 2.48. The molecular formula is C15H20BrClF2N2. The molecule has 0 spiro atoms. The number of anilines is 1. The Morgan fingerprint density at radius 1 is 1.29 bits per heavy atom. The fraction of sp³-hybridized carbons (Fsp3) is 0.667. The fourth-order valence-corrected chi connectivity index (χ4v) is 3.62. The van der Waals surface area contributed by atoms with Gasteiger partial charge in [-0.15, -0.1) is 0 Å². The highest BCUT2D eigenvalue weighted by Gasteiger charge is 2.33. The molecule has 0 aliphatic carbocycles. The Kier molecular flexibility index (Phi) is 4.84. The number of rotatable bonds is 1. The number of hydrogen-bond donors (Lipinski definition) is 0. The van der Waals surface area contributed by atoms with Crippen LogP contribution in [0, 0.1) is 0 Å². The summed E-state index contributed by atoms with van der Waals surface area (Å²) in [6.07, 6.45) is 0.282. The standard InChI is InChI=1S/C15H20BrClF2N2/c1-14(2,3)12-11(17)9-10(16)13(20-12)21-7-4-5-15(18,19)6-8-21/h9H,4-8H2,1-3H3. The maximum absolute atomic E-state index is 13.5. The largest absolute Gasteiger partial charge is 0.355 e. The van der Waals surface area contributed by atoms with E-state index >= 15 is 0 Å². The lowest BCUT2D eigenvalue weighted by molar-refractivity contribution is -0.0102. The van der Waals surface area contributed by atoms with Crippen LogP contribution in [-0.4, -0.2) is 24.0 Å². The van der Waals surface area contributed by atoms with Crippen LogP contribution < -0.4 is 4.90 Å². The van der Waals surface area contributed by atoms with Crippen LogP contribution >= 0.6 is 27.5 Å². The van der Waals surface area contributed by atoms with Crippen LogP contribution in [0.25, 0.3) is 0 Å². The Bertz CT molecular complexity index is 529. The van der Waals surface area contributed by atoms with E-state index in [0.717, 1.165) is 10.2 Å². The highest BCUT2D eigenvalue weighted by molar-refractivity contribution is 9.10. The maximum atomic E-state index is 13.5. The zero-order chi connectivity index (χ0) is 15.8. The van der Waals surface area contributed by atoms with E-state index in [1.165, 1.54) is 0 Å². The molecular weight excluding hydrogens is 362 g/mol. The molecule has 1 fully saturated rings. The van der Waals surface area contributed by atoms with E-state index in [1.807, 2.05) is 31.7 Å². The molecule has 1 saturated heterocycles. The van der Waals surface area contributed by atoms with E-state index < -0.39 is 5.92 Å². The first-order valence-corrected chi connectivity index (χ1v) is 8.26. The van der Waals surface area contributed by atoms with Crippen molar-refractivity contribution in [1.29, 1.82) is 0 Å². The average Bonchev–Trinajstić information content (AvgIpc) is 2.49. The smallest absolute Gasteiger partial charge is 0.249 e. The summed E-state index contributed by atoms with van der Waals surface area (Å²) in [6.45, 7) is 7.01. The Balaban J connectivity index is 2.35. The van der Waals surface area contributed by atoms with Gasteiger partial charge >= 0.3 is 0 Å². The predicted octanol–water partition coefficient (Wildman–Crippen LogP) is 5.42. The second-order valence-corrected chi connectivity index (χ2v) is 7.83. The maximum Gasteiger partial charge on any atom is 0.249 e. The summed E-state index contributed by atoms with van der Waals surface area (Å²) in [4.78, 5) is 6.59. The first-order valence-electron chi connectivity index (χ1n) is 7.09. The second-order valence-electron chi connectivity index (χ2n) is 6.57. The van der Waals surface area contributed by atoms with Gasteiger partial charge in [-0.2, -0.15) is 0 Å². The number of halogens is 4. The molecule has 1 aromatic heterocycles. The van der Waals surface area contributed by atoms with Gasteiger partial charge in [0.15, 0.2) is 0 Å². The molecule has 0 atom stereocenters. The molecule has 0 saturated carbocycles. The number of nitrogens with zero attached hydrogens (tertiary/aromatic N) is 2. The van der Waals surface area contributed by atoms with E-state index in [1.54, 1.807) is 0 Å². The molecule has 2 nitrogen and oxygen atoms in total. The molecule has 1 aliphatic heterocycles. The topological polar surface area (TPSA) is 16.1 Å². The quantitative estimate of drug-likeness (QED) is 0.645. The van der Waals surface area contributed by atoms with Crippen LogP contribution in [0.2, 0.25) is 5.02 Å². The highest BCUT2D eigenvalue weighted by atomic mass is 79.9. The van der Waals surface area contributed by atoms with Gasteiger partial charge < -0.3 is 4.90 Å². The molecule has 0 unspecified atom stereocenters. The van der Waals surface area contributed by atoms with Crippen LogP contribution in [0.5, 0.6) is 0 Å². The molecule has 0 radical (unpaired) electrons. The Hall–Kier alpha value is -0.420. The third-order valence-corrected chi connectivity index (χ3v) is 4.51. The summed E-state index contributed by atoms with van der Waals surface area (Å²) in [7, 11) is 0. The van der Waals surface area contributed by atoms with Gasteiger partial charge in [-0.1, -0.05) is 32.4 Å². The highest BCUT2D eigenvalue weighted by Crippen LogP contribution is 2.37. The normalized spacial score (nSPS) is 19.5. The van der Waals surface area contributed by atoms with Crippen LogP contribution in [0.15, 0.2) is 10.5 Å². The van der Waals surface area contributed by atoms with Crippen molar-refractivity contribution in [3.63, 3.8) is 0 Å². The molecule has 0 N–H and O–H groups in total. The summed E-state index contributed by atoms with van der Waals surface area (Å²) in [6, 6.07) is 1.81. The number of aromatic nitrogens is 1. The van der Waals surface area contributed by atoms with Crippen molar-refractivity contribution in [2.24, 2.45) is 0 Å². The van der Waals surface area contributed by atoms with E-state index in [2.05, 4.69) is 20.9 Å². The molecule has 0 aromatic carbocycles. The van der Waals surface area contributed by atoms with Gasteiger partial charge in [0.25, 0.3) is 0 Å². The molecule has 0 bridgehead atoms. The van der Waals surface area contributed by atoms with Gasteiger partial charge in [0.1, 0.15) is 5.82 Å². The molecule has 1 aromatic rings. The van der Waals surface area contributed by atoms with E-state index in [4.69, 9.17) is 11.6 Å². The first kappa shape index (κ1) is 16.9. The van der Waals surface area contributed by atoms with Crippen LogP contribution in [0.3, 0.4) is 0 Å². The average molecular weight is 382 g/mol. The molecule has 1 aliphatic rings. The minimum absolute atomic E-state index is 0.0547. The Morgan fingerprint density at radius 3 is 2.57 bits per heavy atom. The van der Waals surface area contributed by atoms with Crippen LogP contribution in [-0.2, 0) is 5.41 Å². The molecule has 21 heavy (non-hydrogen) atoms. The Morgan fingerprint density at radius 2 is 1.95 bits per heavy atom. The van der Waals surface area contributed by atoms with Crippen molar-refractivity contribution in [3.05, 3.63) is 21.3 Å². The summed E-state index contributed by atoms with van der Waals surface area (Å²) in [5.41, 5.74) is 0.598. The lowest BCUT2D eigenvalue weighted by atomic mass is 9.91. The number of pyridine rings is 1. The molecule has 118 valence electrons. The monoisotopic (exact) mass is 380 g/mol. The van der Waals surface area contributed by atoms with Gasteiger partial charge in [-0.05, 0) is 28.4 Å². The van der Waals surface area contributed by atoms with Gasteiger partial charge in [0.05, 0.1) is 15.2 Å². The van der Waals surface area contributed by atoms with Crippen molar-refractivity contribution in [3.8, 4) is 0 Å². The van der Waals surface area contributed by atoms with Crippen molar-refractivity contribution in [2.45, 2.75) is 51.4 Å². The van der Waals surface area contributed by atoms with Crippen molar-refractivity contribution in [2.75, 3.05) is 18.0 Å².